The second-order valence-electron chi connectivity index (χ2n) is 0.984. The molecule has 0 aliphatic carbocycles. The summed E-state index contributed by atoms with van der Waals surface area (Å²) < 4.78 is 11.5. The monoisotopic (exact) mass is 103 g/mol. The van der Waals surface area contributed by atoms with Crippen LogP contribution in [0.15, 0.2) is 12.4 Å². The van der Waals surface area contributed by atoms with E-state index in [0.717, 1.165) is 0 Å². The van der Waals surface area contributed by atoms with Gasteiger partial charge in [-0.2, -0.15) is 0 Å². The van der Waals surface area contributed by atoms with E-state index in [0.29, 0.717) is 0 Å². The summed E-state index contributed by atoms with van der Waals surface area (Å²) in [6.07, 6.45) is 0. The van der Waals surface area contributed by atoms with Crippen LogP contribution in [0.5, 0.6) is 0 Å². The average Bonchev–Trinajstić information content (AvgIpc) is 1.65. The van der Waals surface area contributed by atoms with Crippen LogP contribution in [0.3, 0.4) is 0 Å². The molecule has 40 valence electrons. The predicted molar refractivity (Wildman–Crippen MR) is 24.3 cm³/mol. The summed E-state index contributed by atoms with van der Waals surface area (Å²) in [4.78, 5) is 9.93. The summed E-state index contributed by atoms with van der Waals surface area (Å²) in [6.45, 7) is 2.75. The molecule has 1 N–H and O–H groups in total. The molecule has 0 radical (unpaired) electrons. The van der Waals surface area contributed by atoms with Crippen LogP contribution < -0.4 is 5.32 Å². The molecule has 0 aliphatic heterocycles. The molecule has 0 saturated heterocycles. The quantitative estimate of drug-likeness (QED) is 0.472. The van der Waals surface area contributed by atoms with Crippen LogP contribution in [0.1, 0.15) is 0 Å². The molecule has 0 bridgehead atoms. The van der Waals surface area contributed by atoms with Crippen LogP contribution in [0.4, 0.5) is 4.39 Å². The molecule has 0 aromatic heterocycles. The number of nitrogens with one attached hydrogen (secondary N) is 1. The summed E-state index contributed by atoms with van der Waals surface area (Å²) >= 11 is 0. The zero-order valence-electron chi connectivity index (χ0n) is 3.99. The van der Waals surface area contributed by atoms with E-state index in [4.69, 9.17) is 0 Å². The number of hydrogen-bond donors (Lipinski definition) is 1. The number of carbonyl (C=O) groups excluding carboxylic acids is 1. The molecule has 0 rings (SSSR count). The van der Waals surface area contributed by atoms with E-state index in [9.17, 15) is 9.18 Å². The molecule has 0 aromatic carbocycles. The lowest BCUT2D eigenvalue weighted by atomic mass is 10.6. The maximum Gasteiger partial charge on any atom is 0.279 e. The number of rotatable bonds is 1. The normalized spacial score (nSPS) is 7.71. The van der Waals surface area contributed by atoms with E-state index in [2.05, 4.69) is 11.9 Å². The average molecular weight is 103 g/mol. The minimum atomic E-state index is -0.956. The number of hydrogen-bond acceptors (Lipinski definition) is 1. The first-order valence-corrected chi connectivity index (χ1v) is 1.75. The molecule has 3 heteroatoms. The molecule has 0 heterocycles. The van der Waals surface area contributed by atoms with Crippen molar-refractivity contribution in [1.29, 1.82) is 0 Å². The number of likely N-dealkylation sites (N-methyl/N-ethyl adjacent to an activating group) is 1. The SMILES string of the molecule is C=C(F)C(=O)NC. The van der Waals surface area contributed by atoms with E-state index in [1.807, 2.05) is 0 Å². The van der Waals surface area contributed by atoms with Crippen molar-refractivity contribution in [3.8, 4) is 0 Å². The van der Waals surface area contributed by atoms with Gasteiger partial charge in [0.25, 0.3) is 5.91 Å². The molecule has 2 nitrogen and oxygen atoms in total. The lowest BCUT2D eigenvalue weighted by molar-refractivity contribution is -0.118. The van der Waals surface area contributed by atoms with E-state index in [-0.39, 0.29) is 0 Å². The van der Waals surface area contributed by atoms with E-state index < -0.39 is 11.7 Å². The van der Waals surface area contributed by atoms with Gasteiger partial charge < -0.3 is 5.32 Å². The number of carbonyl (C=O) groups is 1. The van der Waals surface area contributed by atoms with Crippen molar-refractivity contribution in [1.82, 2.24) is 5.32 Å². The Balaban J connectivity index is 3.58. The first-order chi connectivity index (χ1) is 3.18. The fourth-order valence-electron chi connectivity index (χ4n) is 0.136. The number of halogens is 1. The lowest BCUT2D eigenvalue weighted by Crippen LogP contribution is -2.16. The summed E-state index contributed by atoms with van der Waals surface area (Å²) in [7, 11) is 1.34. The fraction of sp³-hybridized carbons (Fsp3) is 0.250. The third-order valence-electron chi connectivity index (χ3n) is 0.473. The van der Waals surface area contributed by atoms with Crippen LogP contribution in [-0.4, -0.2) is 13.0 Å². The Labute approximate surface area is 41.0 Å². The minimum Gasteiger partial charge on any atom is -0.353 e. The van der Waals surface area contributed by atoms with Gasteiger partial charge in [0.15, 0.2) is 5.83 Å². The topological polar surface area (TPSA) is 29.1 Å². The Hall–Kier alpha value is -0.860. The zero-order valence-corrected chi connectivity index (χ0v) is 3.99. The van der Waals surface area contributed by atoms with Crippen molar-refractivity contribution >= 4 is 5.91 Å². The van der Waals surface area contributed by atoms with Crippen LogP contribution in [-0.2, 0) is 4.79 Å². The van der Waals surface area contributed by atoms with Gasteiger partial charge in [0.05, 0.1) is 0 Å². The molecule has 0 saturated carbocycles. The molecule has 0 spiro atoms. The first kappa shape index (κ1) is 6.14. The van der Waals surface area contributed by atoms with Gasteiger partial charge in [0.1, 0.15) is 0 Å². The molecule has 1 amide bonds. The Bertz CT molecular complexity index is 99.9. The van der Waals surface area contributed by atoms with Crippen molar-refractivity contribution < 1.29 is 9.18 Å². The van der Waals surface area contributed by atoms with E-state index in [1.54, 1.807) is 0 Å². The zero-order chi connectivity index (χ0) is 5.86. The maximum absolute atomic E-state index is 11.5. The molecule has 0 unspecified atom stereocenters. The number of amides is 1. The van der Waals surface area contributed by atoms with Gasteiger partial charge >= 0.3 is 0 Å². The van der Waals surface area contributed by atoms with Crippen molar-refractivity contribution in [3.63, 3.8) is 0 Å². The van der Waals surface area contributed by atoms with E-state index >= 15 is 0 Å². The van der Waals surface area contributed by atoms with Gasteiger partial charge in [-0.3, -0.25) is 4.79 Å². The molecule has 0 aromatic rings. The highest BCUT2D eigenvalue weighted by Gasteiger charge is 1.98. The third kappa shape index (κ3) is 1.92. The molecular weight excluding hydrogens is 97.0 g/mol. The highest BCUT2D eigenvalue weighted by Crippen LogP contribution is 1.86. The van der Waals surface area contributed by atoms with E-state index in [1.165, 1.54) is 7.05 Å². The highest BCUT2D eigenvalue weighted by molar-refractivity contribution is 5.90. The smallest absolute Gasteiger partial charge is 0.279 e. The van der Waals surface area contributed by atoms with Crippen molar-refractivity contribution in [2.75, 3.05) is 7.05 Å². The molecular formula is C4H6FNO. The molecule has 0 atom stereocenters. The van der Waals surface area contributed by atoms with Gasteiger partial charge in [-0.25, -0.2) is 4.39 Å². The molecule has 0 fully saturated rings. The van der Waals surface area contributed by atoms with Crippen LogP contribution >= 0.6 is 0 Å². The minimum absolute atomic E-state index is 0.764. The predicted octanol–water partition coefficient (Wildman–Crippen LogP) is 0.216. The Kier molecular flexibility index (Phi) is 2.05. The Morgan fingerprint density at radius 3 is 2.29 bits per heavy atom. The summed E-state index contributed by atoms with van der Waals surface area (Å²) in [5.74, 6) is -1.72. The summed E-state index contributed by atoms with van der Waals surface area (Å²) in [5, 5.41) is 2.05. The second-order valence-corrected chi connectivity index (χ2v) is 0.984. The summed E-state index contributed by atoms with van der Waals surface area (Å²) in [5.41, 5.74) is 0. The summed E-state index contributed by atoms with van der Waals surface area (Å²) in [6, 6.07) is 0. The Morgan fingerprint density at radius 2 is 2.29 bits per heavy atom. The van der Waals surface area contributed by atoms with Crippen LogP contribution in [0.25, 0.3) is 0 Å². The molecule has 0 aliphatic rings. The van der Waals surface area contributed by atoms with Crippen molar-refractivity contribution in [3.05, 3.63) is 12.4 Å². The largest absolute Gasteiger partial charge is 0.353 e. The molecule has 7 heavy (non-hydrogen) atoms. The van der Waals surface area contributed by atoms with Gasteiger partial charge in [-0.15, -0.1) is 0 Å². The highest BCUT2D eigenvalue weighted by atomic mass is 19.1. The second kappa shape index (κ2) is 2.34. The van der Waals surface area contributed by atoms with Gasteiger partial charge in [-0.1, -0.05) is 6.58 Å². The van der Waals surface area contributed by atoms with Gasteiger partial charge in [0, 0.05) is 7.05 Å². The van der Waals surface area contributed by atoms with Crippen LogP contribution in [0.2, 0.25) is 0 Å². The lowest BCUT2D eigenvalue weighted by Gasteiger charge is -1.88. The van der Waals surface area contributed by atoms with Crippen molar-refractivity contribution in [2.45, 2.75) is 0 Å². The van der Waals surface area contributed by atoms with Crippen molar-refractivity contribution in [2.24, 2.45) is 0 Å². The maximum atomic E-state index is 11.5. The Morgan fingerprint density at radius 1 is 1.86 bits per heavy atom. The van der Waals surface area contributed by atoms with Crippen LogP contribution in [0, 0.1) is 0 Å². The van der Waals surface area contributed by atoms with Gasteiger partial charge in [0.2, 0.25) is 0 Å². The third-order valence-corrected chi connectivity index (χ3v) is 0.473. The fourth-order valence-corrected chi connectivity index (χ4v) is 0.136. The van der Waals surface area contributed by atoms with Gasteiger partial charge in [-0.05, 0) is 0 Å². The first-order valence-electron chi connectivity index (χ1n) is 1.75. The standard InChI is InChI=1S/C4H6FNO/c1-3(5)4(7)6-2/h1H2,2H3,(H,6,7).